The van der Waals surface area contributed by atoms with Crippen LogP contribution in [0.1, 0.15) is 29.5 Å². The van der Waals surface area contributed by atoms with Crippen molar-refractivity contribution in [2.45, 2.75) is 26.7 Å². The van der Waals surface area contributed by atoms with E-state index in [1.54, 1.807) is 31.0 Å². The molecule has 1 unspecified atom stereocenters. The lowest BCUT2D eigenvalue weighted by Crippen LogP contribution is -2.32. The van der Waals surface area contributed by atoms with Gasteiger partial charge in [0.05, 0.1) is 18.4 Å². The maximum atomic E-state index is 13.8. The smallest absolute Gasteiger partial charge is 0.323 e. The van der Waals surface area contributed by atoms with Crippen molar-refractivity contribution in [1.82, 2.24) is 5.32 Å². The SMILES string of the molecule is COc1ccccc1NC(=O)C1=C(C)N=C2SCC(NC(=O)Nc3ccc(C)cc3C)=C2C1c1ccccc1. The third-order valence-electron chi connectivity index (χ3n) is 6.77. The first kappa shape index (κ1) is 26.3. The van der Waals surface area contributed by atoms with Crippen molar-refractivity contribution in [1.29, 1.82) is 0 Å². The standard InChI is InChI=1S/C31H30N4O3S/c1-18-14-15-22(19(2)16-18)34-31(37)35-24-17-39-30-28(24)27(21-10-6-5-7-11-21)26(20(3)32-30)29(36)33-23-12-8-9-13-25(23)38-4/h5-16,27H,17H2,1-4H3,(H,33,36)(H2,34,35,37). The summed E-state index contributed by atoms with van der Waals surface area (Å²) in [5.41, 5.74) is 7.14. The molecule has 1 atom stereocenters. The number of benzene rings is 3. The Morgan fingerprint density at radius 1 is 0.897 bits per heavy atom. The summed E-state index contributed by atoms with van der Waals surface area (Å²) in [5, 5.41) is 9.86. The van der Waals surface area contributed by atoms with Crippen molar-refractivity contribution in [3.05, 3.63) is 112 Å². The maximum Gasteiger partial charge on any atom is 0.323 e. The molecule has 0 aliphatic carbocycles. The molecule has 7 nitrogen and oxygen atoms in total. The molecule has 0 saturated heterocycles. The van der Waals surface area contributed by atoms with Crippen molar-refractivity contribution in [2.24, 2.45) is 4.99 Å². The second-order valence-corrected chi connectivity index (χ2v) is 10.5. The first-order chi connectivity index (χ1) is 18.9. The number of fused-ring (bicyclic) bond motifs is 1. The number of allylic oxidation sites excluding steroid dienone is 1. The van der Waals surface area contributed by atoms with Gasteiger partial charge >= 0.3 is 6.03 Å². The van der Waals surface area contributed by atoms with Gasteiger partial charge in [-0.25, -0.2) is 9.79 Å². The number of amides is 3. The number of ether oxygens (including phenoxy) is 1. The molecule has 8 heteroatoms. The van der Waals surface area contributed by atoms with Crippen LogP contribution in [0.4, 0.5) is 16.2 Å². The Balaban J connectivity index is 1.51. The largest absolute Gasteiger partial charge is 0.495 e. The number of aryl methyl sites for hydroxylation is 2. The summed E-state index contributed by atoms with van der Waals surface area (Å²) >= 11 is 1.56. The summed E-state index contributed by atoms with van der Waals surface area (Å²) in [7, 11) is 1.57. The Labute approximate surface area is 232 Å². The number of aliphatic imine (C=N–C) groups is 1. The molecule has 0 fully saturated rings. The fourth-order valence-electron chi connectivity index (χ4n) is 4.94. The molecule has 3 amide bonds. The minimum atomic E-state index is -0.403. The number of para-hydroxylation sites is 2. The molecule has 0 aromatic heterocycles. The third kappa shape index (κ3) is 5.47. The van der Waals surface area contributed by atoms with E-state index in [2.05, 4.69) is 16.0 Å². The second-order valence-electron chi connectivity index (χ2n) is 9.49. The Morgan fingerprint density at radius 3 is 2.38 bits per heavy atom. The van der Waals surface area contributed by atoms with Crippen molar-refractivity contribution in [2.75, 3.05) is 23.5 Å². The zero-order chi connectivity index (χ0) is 27.5. The quantitative estimate of drug-likeness (QED) is 0.332. The monoisotopic (exact) mass is 538 g/mol. The van der Waals surface area contributed by atoms with Gasteiger partial charge in [0, 0.05) is 34.3 Å². The van der Waals surface area contributed by atoms with Crippen LogP contribution in [0.5, 0.6) is 5.75 Å². The molecular weight excluding hydrogens is 508 g/mol. The fourth-order valence-corrected chi connectivity index (χ4v) is 6.05. The molecule has 2 heterocycles. The Morgan fingerprint density at radius 2 is 1.64 bits per heavy atom. The first-order valence-electron chi connectivity index (χ1n) is 12.7. The van der Waals surface area contributed by atoms with Crippen LogP contribution in [0.3, 0.4) is 0 Å². The van der Waals surface area contributed by atoms with Crippen LogP contribution in [0.2, 0.25) is 0 Å². The lowest BCUT2D eigenvalue weighted by Gasteiger charge is -2.28. The molecular formula is C31H30N4O3S. The van der Waals surface area contributed by atoms with Crippen LogP contribution in [0.15, 0.2) is 100 Å². The number of carbonyl (C=O) groups is 2. The summed E-state index contributed by atoms with van der Waals surface area (Å²) in [6.07, 6.45) is 0. The van der Waals surface area contributed by atoms with E-state index in [1.807, 2.05) is 81.4 Å². The number of nitrogens with zero attached hydrogens (tertiary/aromatic N) is 1. The summed E-state index contributed by atoms with van der Waals surface area (Å²) in [4.78, 5) is 31.7. The molecule has 0 saturated carbocycles. The number of hydrogen-bond donors (Lipinski definition) is 3. The van der Waals surface area contributed by atoms with Gasteiger partial charge in [-0.2, -0.15) is 0 Å². The van der Waals surface area contributed by atoms with E-state index in [0.717, 1.165) is 38.7 Å². The van der Waals surface area contributed by atoms with Gasteiger partial charge in [0.2, 0.25) is 0 Å². The second kappa shape index (κ2) is 11.2. The van der Waals surface area contributed by atoms with Gasteiger partial charge in [-0.3, -0.25) is 4.79 Å². The van der Waals surface area contributed by atoms with Crippen LogP contribution in [-0.4, -0.2) is 29.8 Å². The van der Waals surface area contributed by atoms with Crippen LogP contribution in [0.25, 0.3) is 0 Å². The highest BCUT2D eigenvalue weighted by Gasteiger charge is 2.39. The molecule has 0 bridgehead atoms. The Kier molecular flexibility index (Phi) is 7.56. The summed E-state index contributed by atoms with van der Waals surface area (Å²) in [5.74, 6) is 0.449. The predicted molar refractivity (Wildman–Crippen MR) is 158 cm³/mol. The van der Waals surface area contributed by atoms with Gasteiger partial charge in [-0.15, -0.1) is 0 Å². The number of methoxy groups -OCH3 is 1. The van der Waals surface area contributed by atoms with E-state index in [0.29, 0.717) is 28.5 Å². The fraction of sp³-hybridized carbons (Fsp3) is 0.194. The van der Waals surface area contributed by atoms with Gasteiger partial charge in [-0.05, 0) is 50.1 Å². The molecule has 2 aliphatic rings. The van der Waals surface area contributed by atoms with Crippen molar-refractivity contribution < 1.29 is 14.3 Å². The topological polar surface area (TPSA) is 91.8 Å². The number of nitrogens with one attached hydrogen (secondary N) is 3. The van der Waals surface area contributed by atoms with Crippen LogP contribution in [-0.2, 0) is 4.79 Å². The van der Waals surface area contributed by atoms with Crippen LogP contribution in [0, 0.1) is 13.8 Å². The highest BCUT2D eigenvalue weighted by atomic mass is 32.2. The highest BCUT2D eigenvalue weighted by molar-refractivity contribution is 8.15. The van der Waals surface area contributed by atoms with Gasteiger partial charge in [0.15, 0.2) is 0 Å². The average molecular weight is 539 g/mol. The zero-order valence-corrected chi connectivity index (χ0v) is 23.1. The van der Waals surface area contributed by atoms with Crippen molar-refractivity contribution in [3.63, 3.8) is 0 Å². The van der Waals surface area contributed by atoms with E-state index >= 15 is 0 Å². The molecule has 0 spiro atoms. The van der Waals surface area contributed by atoms with E-state index in [-0.39, 0.29) is 11.9 Å². The number of anilines is 2. The van der Waals surface area contributed by atoms with Gasteiger partial charge in [0.25, 0.3) is 5.91 Å². The van der Waals surface area contributed by atoms with Crippen LogP contribution < -0.4 is 20.7 Å². The Bertz CT molecular complexity index is 1540. The number of thioether (sulfide) groups is 1. The third-order valence-corrected chi connectivity index (χ3v) is 7.79. The number of urea groups is 1. The minimum absolute atomic E-state index is 0.267. The zero-order valence-electron chi connectivity index (χ0n) is 22.3. The molecule has 198 valence electrons. The predicted octanol–water partition coefficient (Wildman–Crippen LogP) is 6.54. The van der Waals surface area contributed by atoms with E-state index in [1.165, 1.54) is 0 Å². The van der Waals surface area contributed by atoms with E-state index < -0.39 is 5.92 Å². The highest BCUT2D eigenvalue weighted by Crippen LogP contribution is 2.46. The van der Waals surface area contributed by atoms with Crippen LogP contribution >= 0.6 is 11.8 Å². The van der Waals surface area contributed by atoms with Crippen molar-refractivity contribution in [3.8, 4) is 5.75 Å². The molecule has 3 N–H and O–H groups in total. The lowest BCUT2D eigenvalue weighted by molar-refractivity contribution is -0.113. The van der Waals surface area contributed by atoms with Gasteiger partial charge in [0.1, 0.15) is 10.8 Å². The normalized spacial score (nSPS) is 16.4. The molecule has 5 rings (SSSR count). The molecule has 3 aromatic carbocycles. The van der Waals surface area contributed by atoms with Crippen molar-refractivity contribution >= 4 is 40.1 Å². The number of hydrogen-bond acceptors (Lipinski definition) is 5. The summed E-state index contributed by atoms with van der Waals surface area (Å²) in [6, 6.07) is 22.7. The van der Waals surface area contributed by atoms with E-state index in [4.69, 9.17) is 9.73 Å². The summed E-state index contributed by atoms with van der Waals surface area (Å²) < 4.78 is 5.44. The molecule has 3 aromatic rings. The molecule has 39 heavy (non-hydrogen) atoms. The minimum Gasteiger partial charge on any atom is -0.495 e. The van der Waals surface area contributed by atoms with Gasteiger partial charge < -0.3 is 20.7 Å². The maximum absolute atomic E-state index is 13.8. The molecule has 0 radical (unpaired) electrons. The summed E-state index contributed by atoms with van der Waals surface area (Å²) in [6.45, 7) is 5.84. The Hall–Kier alpha value is -4.30. The van der Waals surface area contributed by atoms with E-state index in [9.17, 15) is 9.59 Å². The number of rotatable bonds is 6. The van der Waals surface area contributed by atoms with Gasteiger partial charge in [-0.1, -0.05) is 71.9 Å². The molecule has 2 aliphatic heterocycles. The number of carbonyl (C=O) groups excluding carboxylic acids is 2. The first-order valence-corrected chi connectivity index (χ1v) is 13.6. The average Bonchev–Trinajstić information content (AvgIpc) is 3.31. The lowest BCUT2D eigenvalue weighted by atomic mass is 9.81.